The summed E-state index contributed by atoms with van der Waals surface area (Å²) in [6.07, 6.45) is 2.30. The van der Waals surface area contributed by atoms with Gasteiger partial charge in [0.1, 0.15) is 25.5 Å². The van der Waals surface area contributed by atoms with Crippen LogP contribution in [0.1, 0.15) is 30.9 Å². The number of hydrogen-bond donors (Lipinski definition) is 1. The number of ether oxygens (including phenoxy) is 2. The van der Waals surface area contributed by atoms with E-state index in [0.717, 1.165) is 12.3 Å². The molecule has 0 aliphatic carbocycles. The van der Waals surface area contributed by atoms with Gasteiger partial charge in [-0.3, -0.25) is 0 Å². The molecule has 142 valence electrons. The average molecular weight is 371 g/mol. The Morgan fingerprint density at radius 2 is 1.80 bits per heavy atom. The van der Waals surface area contributed by atoms with Gasteiger partial charge in [0.2, 0.25) is 0 Å². The zero-order chi connectivity index (χ0) is 17.5. The molecular formula is C19H31ClN2O3. The summed E-state index contributed by atoms with van der Waals surface area (Å²) in [6, 6.07) is 6.09. The van der Waals surface area contributed by atoms with Crippen molar-refractivity contribution in [2.75, 3.05) is 39.9 Å². The Labute approximate surface area is 157 Å². The van der Waals surface area contributed by atoms with E-state index in [1.54, 1.807) is 11.9 Å². The SMILES string of the molecule is Cc1cc(C)cc(OCC(C)N(C)C(=O)OCC[NH+]2CCCC2)c1.[Cl-]. The molecule has 0 spiro atoms. The van der Waals surface area contributed by atoms with E-state index < -0.39 is 0 Å². The summed E-state index contributed by atoms with van der Waals surface area (Å²) in [5.74, 6) is 0.846. The topological polar surface area (TPSA) is 43.2 Å². The van der Waals surface area contributed by atoms with E-state index in [1.807, 2.05) is 19.1 Å². The minimum absolute atomic E-state index is 0. The maximum absolute atomic E-state index is 12.1. The molecule has 25 heavy (non-hydrogen) atoms. The van der Waals surface area contributed by atoms with Crippen LogP contribution < -0.4 is 22.0 Å². The number of amides is 1. The largest absolute Gasteiger partial charge is 1.00 e. The van der Waals surface area contributed by atoms with Gasteiger partial charge in [-0.25, -0.2) is 4.79 Å². The van der Waals surface area contributed by atoms with Gasteiger partial charge in [0.05, 0.1) is 19.1 Å². The van der Waals surface area contributed by atoms with E-state index in [4.69, 9.17) is 9.47 Å². The monoisotopic (exact) mass is 370 g/mol. The quantitative estimate of drug-likeness (QED) is 0.657. The number of nitrogens with zero attached hydrogens (tertiary/aromatic N) is 1. The molecule has 0 saturated carbocycles. The van der Waals surface area contributed by atoms with Crippen molar-refractivity contribution in [1.82, 2.24) is 4.90 Å². The maximum Gasteiger partial charge on any atom is 0.410 e. The molecular weight excluding hydrogens is 340 g/mol. The summed E-state index contributed by atoms with van der Waals surface area (Å²) in [7, 11) is 1.76. The van der Waals surface area contributed by atoms with Crippen molar-refractivity contribution >= 4 is 6.09 Å². The van der Waals surface area contributed by atoms with E-state index in [9.17, 15) is 4.79 Å². The highest BCUT2D eigenvalue weighted by Gasteiger charge is 2.20. The highest BCUT2D eigenvalue weighted by molar-refractivity contribution is 5.67. The molecule has 1 unspecified atom stereocenters. The molecule has 1 amide bonds. The van der Waals surface area contributed by atoms with E-state index in [2.05, 4.69) is 19.9 Å². The minimum atomic E-state index is -0.273. The van der Waals surface area contributed by atoms with Crippen molar-refractivity contribution in [3.63, 3.8) is 0 Å². The first kappa shape index (κ1) is 21.6. The fraction of sp³-hybridized carbons (Fsp3) is 0.632. The van der Waals surface area contributed by atoms with Crippen LogP contribution >= 0.6 is 0 Å². The van der Waals surface area contributed by atoms with Gasteiger partial charge in [-0.05, 0) is 44.0 Å². The molecule has 1 aliphatic heterocycles. The van der Waals surface area contributed by atoms with Crippen molar-refractivity contribution in [1.29, 1.82) is 0 Å². The fourth-order valence-electron chi connectivity index (χ4n) is 3.03. The Balaban J connectivity index is 0.00000312. The Kier molecular flexibility index (Phi) is 9.08. The van der Waals surface area contributed by atoms with Gasteiger partial charge in [-0.15, -0.1) is 0 Å². The summed E-state index contributed by atoms with van der Waals surface area (Å²) in [6.45, 7) is 10.3. The van der Waals surface area contributed by atoms with Crippen molar-refractivity contribution < 1.29 is 31.6 Å². The smallest absolute Gasteiger partial charge is 0.410 e. The summed E-state index contributed by atoms with van der Waals surface area (Å²) in [4.78, 5) is 15.3. The van der Waals surface area contributed by atoms with E-state index >= 15 is 0 Å². The van der Waals surface area contributed by atoms with Gasteiger partial charge >= 0.3 is 6.09 Å². The summed E-state index contributed by atoms with van der Waals surface area (Å²) >= 11 is 0. The maximum atomic E-state index is 12.1. The van der Waals surface area contributed by atoms with Gasteiger partial charge in [-0.1, -0.05) is 6.07 Å². The minimum Gasteiger partial charge on any atom is -1.00 e. The fourth-order valence-corrected chi connectivity index (χ4v) is 3.03. The third kappa shape index (κ3) is 7.12. The van der Waals surface area contributed by atoms with Crippen molar-refractivity contribution in [2.24, 2.45) is 0 Å². The molecule has 0 radical (unpaired) electrons. The second kappa shape index (κ2) is 10.5. The van der Waals surface area contributed by atoms with Crippen LogP contribution in [-0.2, 0) is 4.74 Å². The van der Waals surface area contributed by atoms with Gasteiger partial charge in [0, 0.05) is 19.9 Å². The van der Waals surface area contributed by atoms with Crippen LogP contribution in [0, 0.1) is 13.8 Å². The third-order valence-electron chi connectivity index (χ3n) is 4.63. The van der Waals surface area contributed by atoms with Crippen molar-refractivity contribution in [3.8, 4) is 5.75 Å². The number of carbonyl (C=O) groups excluding carboxylic acids is 1. The average Bonchev–Trinajstić information content (AvgIpc) is 3.04. The van der Waals surface area contributed by atoms with Crippen LogP contribution in [0.2, 0.25) is 0 Å². The predicted molar refractivity (Wildman–Crippen MR) is 94.8 cm³/mol. The van der Waals surface area contributed by atoms with Gasteiger partial charge < -0.3 is 31.7 Å². The second-order valence-electron chi connectivity index (χ2n) is 6.92. The van der Waals surface area contributed by atoms with Crippen LogP contribution in [0.15, 0.2) is 18.2 Å². The first-order chi connectivity index (χ1) is 11.5. The highest BCUT2D eigenvalue weighted by Crippen LogP contribution is 2.16. The molecule has 1 N–H and O–H groups in total. The van der Waals surface area contributed by atoms with Crippen LogP contribution in [0.4, 0.5) is 4.79 Å². The molecule has 1 aromatic rings. The first-order valence-corrected chi connectivity index (χ1v) is 8.90. The lowest BCUT2D eigenvalue weighted by atomic mass is 10.1. The number of nitrogens with one attached hydrogen (secondary N) is 1. The third-order valence-corrected chi connectivity index (χ3v) is 4.63. The predicted octanol–water partition coefficient (Wildman–Crippen LogP) is -1.18. The molecule has 1 fully saturated rings. The number of halogens is 1. The molecule has 0 aromatic heterocycles. The van der Waals surface area contributed by atoms with Crippen LogP contribution in [0.5, 0.6) is 5.75 Å². The Hall–Kier alpha value is -1.46. The standard InChI is InChI=1S/C19H30N2O3.ClH/c1-15-11-16(2)13-18(12-15)24-14-17(3)20(4)19(22)23-10-9-21-7-5-6-8-21;/h11-13,17H,5-10,14H2,1-4H3;1H. The second-order valence-corrected chi connectivity index (χ2v) is 6.92. The van der Waals surface area contributed by atoms with Crippen LogP contribution in [0.3, 0.4) is 0 Å². The lowest BCUT2D eigenvalue weighted by molar-refractivity contribution is -0.887. The molecule has 0 bridgehead atoms. The molecule has 1 aliphatic rings. The summed E-state index contributed by atoms with van der Waals surface area (Å²) < 4.78 is 11.2. The normalized spacial score (nSPS) is 15.4. The number of likely N-dealkylation sites (tertiary alicyclic amines) is 1. The molecule has 1 saturated heterocycles. The number of aryl methyl sites for hydroxylation is 2. The zero-order valence-corrected chi connectivity index (χ0v) is 16.6. The van der Waals surface area contributed by atoms with Gasteiger partial charge in [0.25, 0.3) is 0 Å². The number of benzene rings is 1. The van der Waals surface area contributed by atoms with E-state index in [-0.39, 0.29) is 24.5 Å². The lowest BCUT2D eigenvalue weighted by Crippen LogP contribution is -3.10. The van der Waals surface area contributed by atoms with Crippen molar-refractivity contribution in [3.05, 3.63) is 29.3 Å². The van der Waals surface area contributed by atoms with Crippen molar-refractivity contribution in [2.45, 2.75) is 39.7 Å². The van der Waals surface area contributed by atoms with E-state index in [1.165, 1.54) is 42.0 Å². The molecule has 1 heterocycles. The first-order valence-electron chi connectivity index (χ1n) is 8.90. The number of rotatable bonds is 7. The molecule has 1 aromatic carbocycles. The molecule has 2 rings (SSSR count). The zero-order valence-electron chi connectivity index (χ0n) is 15.8. The number of carbonyl (C=O) groups is 1. The number of hydrogen-bond acceptors (Lipinski definition) is 3. The number of likely N-dealkylation sites (N-methyl/N-ethyl adjacent to an activating group) is 1. The Bertz CT molecular complexity index is 527. The number of quaternary nitrogens is 1. The highest BCUT2D eigenvalue weighted by atomic mass is 35.5. The molecule has 1 atom stereocenters. The lowest BCUT2D eigenvalue weighted by Gasteiger charge is -2.24. The Morgan fingerprint density at radius 3 is 2.40 bits per heavy atom. The van der Waals surface area contributed by atoms with Crippen LogP contribution in [-0.4, -0.2) is 56.9 Å². The van der Waals surface area contributed by atoms with Gasteiger partial charge in [0.15, 0.2) is 0 Å². The summed E-state index contributed by atoms with van der Waals surface area (Å²) in [5, 5.41) is 0. The molecule has 5 nitrogen and oxygen atoms in total. The van der Waals surface area contributed by atoms with Crippen LogP contribution in [0.25, 0.3) is 0 Å². The Morgan fingerprint density at radius 1 is 1.20 bits per heavy atom. The van der Waals surface area contributed by atoms with Gasteiger partial charge in [-0.2, -0.15) is 0 Å². The summed E-state index contributed by atoms with van der Waals surface area (Å²) in [5.41, 5.74) is 2.35. The molecule has 6 heteroatoms. The van der Waals surface area contributed by atoms with E-state index in [0.29, 0.717) is 13.2 Å².